The summed E-state index contributed by atoms with van der Waals surface area (Å²) in [5.74, 6) is -0.761. The third-order valence-electron chi connectivity index (χ3n) is 4.99. The topological polar surface area (TPSA) is 129 Å². The molecule has 1 saturated heterocycles. The van der Waals surface area contributed by atoms with Gasteiger partial charge in [-0.05, 0) is 36.4 Å². The highest BCUT2D eigenvalue weighted by atomic mass is 19.1. The van der Waals surface area contributed by atoms with Crippen molar-refractivity contribution in [2.45, 2.75) is 0 Å². The van der Waals surface area contributed by atoms with E-state index in [1.54, 1.807) is 17.0 Å². The number of halogens is 1. The normalized spacial score (nSPS) is 13.5. The molecular weight excluding hydrogens is 419 g/mol. The molecule has 1 fully saturated rings. The van der Waals surface area contributed by atoms with Gasteiger partial charge in [-0.3, -0.25) is 30.7 Å². The lowest BCUT2D eigenvalue weighted by molar-refractivity contribution is -0.383. The lowest BCUT2D eigenvalue weighted by atomic mass is 10.2. The van der Waals surface area contributed by atoms with Crippen LogP contribution in [0.5, 0.6) is 0 Å². The van der Waals surface area contributed by atoms with Gasteiger partial charge in [-0.25, -0.2) is 14.4 Å². The molecular formula is C20H19FN8O3. The molecule has 2 N–H and O–H groups in total. The van der Waals surface area contributed by atoms with Crippen LogP contribution in [0.15, 0.2) is 55.1 Å². The average Bonchev–Trinajstić information content (AvgIpc) is 2.83. The first-order valence-electron chi connectivity index (χ1n) is 9.74. The molecule has 164 valence electrons. The standard InChI is InChI=1S/C20H19FN8O3/c21-15-1-3-16(4-2-15)27-9-11-28(12-10-27)19-17(29(31)32)18(23-13-24-19)25-26-20(30)14-5-7-22-8-6-14/h1-8,13H,9-12H2,(H,26,30)(H,23,24,25). The summed E-state index contributed by atoms with van der Waals surface area (Å²) in [6.07, 6.45) is 4.13. The number of hydrogen-bond donors (Lipinski definition) is 2. The smallest absolute Gasteiger partial charge is 0.355 e. The Kier molecular flexibility index (Phi) is 6.01. The minimum atomic E-state index is -0.581. The number of carbonyl (C=O) groups is 1. The van der Waals surface area contributed by atoms with Crippen molar-refractivity contribution in [1.82, 2.24) is 20.4 Å². The largest absolute Gasteiger partial charge is 0.368 e. The lowest BCUT2D eigenvalue weighted by Crippen LogP contribution is -2.47. The van der Waals surface area contributed by atoms with E-state index in [1.165, 1.54) is 43.0 Å². The first-order valence-corrected chi connectivity index (χ1v) is 9.74. The maximum atomic E-state index is 13.2. The van der Waals surface area contributed by atoms with Crippen LogP contribution in [0.2, 0.25) is 0 Å². The summed E-state index contributed by atoms with van der Waals surface area (Å²) >= 11 is 0. The SMILES string of the molecule is O=C(NNc1ncnc(N2CCN(c3ccc(F)cc3)CC2)c1[N+](=O)[O-])c1ccncc1. The van der Waals surface area contributed by atoms with E-state index in [4.69, 9.17) is 0 Å². The fraction of sp³-hybridized carbons (Fsp3) is 0.200. The van der Waals surface area contributed by atoms with Crippen molar-refractivity contribution in [2.24, 2.45) is 0 Å². The second-order valence-electron chi connectivity index (χ2n) is 6.92. The number of aromatic nitrogens is 3. The predicted molar refractivity (Wildman–Crippen MR) is 115 cm³/mol. The first-order chi connectivity index (χ1) is 15.5. The quantitative estimate of drug-likeness (QED) is 0.438. The molecule has 3 aromatic rings. The molecule has 1 aliphatic heterocycles. The van der Waals surface area contributed by atoms with E-state index < -0.39 is 10.8 Å². The van der Waals surface area contributed by atoms with Gasteiger partial charge in [-0.1, -0.05) is 0 Å². The van der Waals surface area contributed by atoms with Crippen molar-refractivity contribution in [3.05, 3.63) is 76.6 Å². The average molecular weight is 438 g/mol. The number of nitrogens with one attached hydrogen (secondary N) is 2. The third kappa shape index (κ3) is 4.53. The summed E-state index contributed by atoms with van der Waals surface area (Å²) in [4.78, 5) is 39.2. The highest BCUT2D eigenvalue weighted by Gasteiger charge is 2.29. The van der Waals surface area contributed by atoms with Crippen molar-refractivity contribution < 1.29 is 14.1 Å². The van der Waals surface area contributed by atoms with E-state index in [9.17, 15) is 19.3 Å². The first kappa shape index (κ1) is 20.9. The molecule has 0 unspecified atom stereocenters. The van der Waals surface area contributed by atoms with E-state index in [-0.39, 0.29) is 23.1 Å². The Balaban J connectivity index is 1.48. The van der Waals surface area contributed by atoms with Crippen molar-refractivity contribution in [1.29, 1.82) is 0 Å². The Morgan fingerprint density at radius 1 is 1.00 bits per heavy atom. The van der Waals surface area contributed by atoms with Gasteiger partial charge in [0, 0.05) is 49.8 Å². The summed E-state index contributed by atoms with van der Waals surface area (Å²) in [5.41, 5.74) is 5.81. The summed E-state index contributed by atoms with van der Waals surface area (Å²) in [7, 11) is 0. The zero-order valence-corrected chi connectivity index (χ0v) is 16.8. The second-order valence-corrected chi connectivity index (χ2v) is 6.92. The molecule has 32 heavy (non-hydrogen) atoms. The lowest BCUT2D eigenvalue weighted by Gasteiger charge is -2.36. The van der Waals surface area contributed by atoms with Crippen molar-refractivity contribution in [3.8, 4) is 0 Å². The number of carbonyl (C=O) groups excluding carboxylic acids is 1. The van der Waals surface area contributed by atoms with E-state index in [1.807, 2.05) is 0 Å². The third-order valence-corrected chi connectivity index (χ3v) is 4.99. The number of pyridine rings is 1. The molecule has 1 amide bonds. The molecule has 0 bridgehead atoms. The van der Waals surface area contributed by atoms with E-state index in [2.05, 4.69) is 30.7 Å². The maximum absolute atomic E-state index is 13.2. The molecule has 11 nitrogen and oxygen atoms in total. The number of piperazine rings is 1. The Hall–Kier alpha value is -4.35. The van der Waals surface area contributed by atoms with Crippen molar-refractivity contribution in [2.75, 3.05) is 41.4 Å². The number of nitro groups is 1. The molecule has 4 rings (SSSR count). The minimum absolute atomic E-state index is 0.122. The molecule has 3 heterocycles. The number of amides is 1. The van der Waals surface area contributed by atoms with Gasteiger partial charge in [0.1, 0.15) is 12.1 Å². The molecule has 1 aromatic carbocycles. The van der Waals surface area contributed by atoms with Gasteiger partial charge in [0.2, 0.25) is 11.6 Å². The van der Waals surface area contributed by atoms with E-state index in [0.717, 1.165) is 5.69 Å². The van der Waals surface area contributed by atoms with Crippen molar-refractivity contribution >= 4 is 28.9 Å². The summed E-state index contributed by atoms with van der Waals surface area (Å²) in [6, 6.07) is 9.22. The molecule has 0 aliphatic carbocycles. The second kappa shape index (κ2) is 9.20. The van der Waals surface area contributed by atoms with Crippen LogP contribution in [0.4, 0.5) is 27.4 Å². The Labute approximate surface area is 182 Å². The highest BCUT2D eigenvalue weighted by Crippen LogP contribution is 2.32. The number of rotatable bonds is 6. The van der Waals surface area contributed by atoms with E-state index in [0.29, 0.717) is 31.7 Å². The van der Waals surface area contributed by atoms with Crippen molar-refractivity contribution in [3.63, 3.8) is 0 Å². The van der Waals surface area contributed by atoms with Gasteiger partial charge in [-0.2, -0.15) is 0 Å². The summed E-state index contributed by atoms with van der Waals surface area (Å²) in [5, 5.41) is 11.8. The number of nitrogens with zero attached hydrogens (tertiary/aromatic N) is 6. The van der Waals surface area contributed by atoms with Crippen LogP contribution in [0.1, 0.15) is 10.4 Å². The Bertz CT molecular complexity index is 1110. The van der Waals surface area contributed by atoms with Gasteiger partial charge >= 0.3 is 5.69 Å². The monoisotopic (exact) mass is 438 g/mol. The Morgan fingerprint density at radius 2 is 1.66 bits per heavy atom. The van der Waals surface area contributed by atoms with Crippen LogP contribution in [0.3, 0.4) is 0 Å². The zero-order chi connectivity index (χ0) is 22.5. The van der Waals surface area contributed by atoms with Crippen LogP contribution in [-0.2, 0) is 0 Å². The highest BCUT2D eigenvalue weighted by molar-refractivity contribution is 5.94. The number of hydrogen-bond acceptors (Lipinski definition) is 9. The van der Waals surface area contributed by atoms with Gasteiger partial charge in [-0.15, -0.1) is 0 Å². The molecule has 0 saturated carbocycles. The van der Waals surface area contributed by atoms with Gasteiger partial charge in [0.25, 0.3) is 5.91 Å². The summed E-state index contributed by atoms with van der Waals surface area (Å²) < 4.78 is 13.2. The van der Waals surface area contributed by atoms with Gasteiger partial charge in [0.15, 0.2) is 0 Å². The Morgan fingerprint density at radius 3 is 2.31 bits per heavy atom. The molecule has 1 aliphatic rings. The predicted octanol–water partition coefficient (Wildman–Crippen LogP) is 2.00. The van der Waals surface area contributed by atoms with Crippen LogP contribution in [-0.4, -0.2) is 52.0 Å². The van der Waals surface area contributed by atoms with Crippen LogP contribution >= 0.6 is 0 Å². The fourth-order valence-electron chi connectivity index (χ4n) is 3.38. The van der Waals surface area contributed by atoms with E-state index >= 15 is 0 Å². The molecule has 0 atom stereocenters. The minimum Gasteiger partial charge on any atom is -0.368 e. The summed E-state index contributed by atoms with van der Waals surface area (Å²) in [6.45, 7) is 2.10. The number of hydrazine groups is 1. The fourth-order valence-corrected chi connectivity index (χ4v) is 3.38. The molecule has 0 radical (unpaired) electrons. The van der Waals surface area contributed by atoms with Crippen LogP contribution in [0.25, 0.3) is 0 Å². The number of benzene rings is 1. The van der Waals surface area contributed by atoms with Gasteiger partial charge < -0.3 is 9.80 Å². The molecule has 0 spiro atoms. The van der Waals surface area contributed by atoms with Crippen LogP contribution in [0, 0.1) is 15.9 Å². The molecule has 12 heteroatoms. The maximum Gasteiger partial charge on any atom is 0.355 e. The number of anilines is 3. The molecule has 2 aromatic heterocycles. The van der Waals surface area contributed by atoms with Gasteiger partial charge in [0.05, 0.1) is 4.92 Å². The zero-order valence-electron chi connectivity index (χ0n) is 16.8. The van der Waals surface area contributed by atoms with Crippen LogP contribution < -0.4 is 20.7 Å².